The van der Waals surface area contributed by atoms with E-state index in [4.69, 9.17) is 17.0 Å². The van der Waals surface area contributed by atoms with Gasteiger partial charge in [-0.2, -0.15) is 0 Å². The molecule has 132 valence electrons. The summed E-state index contributed by atoms with van der Waals surface area (Å²) < 4.78 is 5.02. The first-order valence-corrected chi connectivity index (χ1v) is 8.85. The maximum absolute atomic E-state index is 11.8. The molecule has 25 heavy (non-hydrogen) atoms. The van der Waals surface area contributed by atoms with Crippen molar-refractivity contribution >= 4 is 29.0 Å². The van der Waals surface area contributed by atoms with Crippen LogP contribution in [0.2, 0.25) is 0 Å². The summed E-state index contributed by atoms with van der Waals surface area (Å²) in [6, 6.07) is 15.7. The van der Waals surface area contributed by atoms with Crippen LogP contribution in [0.25, 0.3) is 0 Å². The third kappa shape index (κ3) is 5.57. The number of nitrogens with one attached hydrogen (secondary N) is 2. The molecule has 0 spiro atoms. The number of benzene rings is 2. The lowest BCUT2D eigenvalue weighted by molar-refractivity contribution is 0.0526. The third-order valence-electron chi connectivity index (χ3n) is 3.82. The number of hydrogen-bond donors (Lipinski definition) is 2. The van der Waals surface area contributed by atoms with Gasteiger partial charge in [-0.1, -0.05) is 42.8 Å². The van der Waals surface area contributed by atoms with Crippen LogP contribution in [0.5, 0.6) is 0 Å². The minimum atomic E-state index is -0.337. The molecular weight excluding hydrogens is 332 g/mol. The second-order valence-electron chi connectivity index (χ2n) is 5.77. The largest absolute Gasteiger partial charge is 0.462 e. The van der Waals surface area contributed by atoms with Gasteiger partial charge in [-0.05, 0) is 56.2 Å². The van der Waals surface area contributed by atoms with Gasteiger partial charge in [0.05, 0.1) is 18.2 Å². The van der Waals surface area contributed by atoms with Gasteiger partial charge in [0.15, 0.2) is 5.11 Å². The van der Waals surface area contributed by atoms with Crippen LogP contribution in [0.1, 0.15) is 47.8 Å². The Morgan fingerprint density at radius 1 is 1.16 bits per heavy atom. The maximum Gasteiger partial charge on any atom is 0.338 e. The molecule has 0 bridgehead atoms. The summed E-state index contributed by atoms with van der Waals surface area (Å²) in [6.45, 7) is 6.32. The number of ether oxygens (including phenoxy) is 1. The Hall–Kier alpha value is -2.40. The Morgan fingerprint density at radius 2 is 1.88 bits per heavy atom. The van der Waals surface area contributed by atoms with Crippen LogP contribution in [-0.2, 0) is 4.74 Å². The number of esters is 1. The van der Waals surface area contributed by atoms with Gasteiger partial charge in [0.25, 0.3) is 0 Å². The summed E-state index contributed by atoms with van der Waals surface area (Å²) in [5.74, 6) is -0.337. The van der Waals surface area contributed by atoms with Gasteiger partial charge < -0.3 is 15.4 Å². The molecule has 0 amide bonds. The zero-order chi connectivity index (χ0) is 18.2. The second kappa shape index (κ2) is 9.18. The fourth-order valence-corrected chi connectivity index (χ4v) is 2.74. The van der Waals surface area contributed by atoms with E-state index in [1.165, 1.54) is 11.1 Å². The molecule has 0 heterocycles. The standard InChI is InChI=1S/C20H24N2O2S/c1-4-18(15-11-9-14(3)10-12-15)22-20(25)21-17-8-6-7-16(13-17)19(23)24-5-2/h6-13,18H,4-5H2,1-3H3,(H2,21,22,25). The topological polar surface area (TPSA) is 50.4 Å². The number of carbonyl (C=O) groups excluding carboxylic acids is 1. The Kier molecular flexibility index (Phi) is 6.95. The number of aryl methyl sites for hydroxylation is 1. The molecule has 5 heteroatoms. The predicted octanol–water partition coefficient (Wildman–Crippen LogP) is 4.61. The molecular formula is C20H24N2O2S. The Morgan fingerprint density at radius 3 is 2.52 bits per heavy atom. The summed E-state index contributed by atoms with van der Waals surface area (Å²) in [4.78, 5) is 11.8. The van der Waals surface area contributed by atoms with Gasteiger partial charge in [0, 0.05) is 5.69 Å². The molecule has 1 atom stereocenters. The average Bonchev–Trinajstić information content (AvgIpc) is 2.61. The lowest BCUT2D eigenvalue weighted by atomic mass is 10.0. The number of thiocarbonyl (C=S) groups is 1. The minimum Gasteiger partial charge on any atom is -0.462 e. The predicted molar refractivity (Wildman–Crippen MR) is 106 cm³/mol. The molecule has 2 aromatic carbocycles. The number of carbonyl (C=O) groups is 1. The summed E-state index contributed by atoms with van der Waals surface area (Å²) in [7, 11) is 0. The molecule has 2 N–H and O–H groups in total. The number of rotatable bonds is 6. The zero-order valence-electron chi connectivity index (χ0n) is 14.8. The van der Waals surface area contributed by atoms with Crippen LogP contribution in [0, 0.1) is 6.92 Å². The van der Waals surface area contributed by atoms with Gasteiger partial charge in [0.2, 0.25) is 0 Å². The summed E-state index contributed by atoms with van der Waals surface area (Å²) in [5, 5.41) is 6.99. The van der Waals surface area contributed by atoms with Crippen molar-refractivity contribution in [3.63, 3.8) is 0 Å². The second-order valence-corrected chi connectivity index (χ2v) is 6.18. The van der Waals surface area contributed by atoms with Crippen LogP contribution in [0.3, 0.4) is 0 Å². The van der Waals surface area contributed by atoms with Crippen molar-refractivity contribution < 1.29 is 9.53 Å². The van der Waals surface area contributed by atoms with Crippen molar-refractivity contribution in [3.05, 3.63) is 65.2 Å². The maximum atomic E-state index is 11.8. The van der Waals surface area contributed by atoms with E-state index in [0.717, 1.165) is 12.1 Å². The van der Waals surface area contributed by atoms with Crippen LogP contribution < -0.4 is 10.6 Å². The first kappa shape index (κ1) is 18.9. The molecule has 0 aliphatic carbocycles. The molecule has 0 radical (unpaired) electrons. The molecule has 2 aromatic rings. The van der Waals surface area contributed by atoms with E-state index in [2.05, 4.69) is 48.7 Å². The third-order valence-corrected chi connectivity index (χ3v) is 4.04. The van der Waals surface area contributed by atoms with Gasteiger partial charge in [-0.25, -0.2) is 4.79 Å². The van der Waals surface area contributed by atoms with Crippen molar-refractivity contribution in [2.24, 2.45) is 0 Å². The van der Waals surface area contributed by atoms with Crippen molar-refractivity contribution in [1.82, 2.24) is 5.32 Å². The minimum absolute atomic E-state index is 0.133. The van der Waals surface area contributed by atoms with Crippen molar-refractivity contribution in [3.8, 4) is 0 Å². The normalized spacial score (nSPS) is 11.5. The van der Waals surface area contributed by atoms with Gasteiger partial charge in [-0.15, -0.1) is 0 Å². The fourth-order valence-electron chi connectivity index (χ4n) is 2.48. The Labute approximate surface area is 154 Å². The monoisotopic (exact) mass is 356 g/mol. The summed E-state index contributed by atoms with van der Waals surface area (Å²) in [5.41, 5.74) is 3.68. The molecule has 0 aromatic heterocycles. The van der Waals surface area contributed by atoms with E-state index in [1.54, 1.807) is 25.1 Å². The van der Waals surface area contributed by atoms with Gasteiger partial charge in [-0.3, -0.25) is 0 Å². The highest BCUT2D eigenvalue weighted by atomic mass is 32.1. The summed E-state index contributed by atoms with van der Waals surface area (Å²) >= 11 is 5.43. The van der Waals surface area contributed by atoms with Crippen LogP contribution in [0.4, 0.5) is 5.69 Å². The molecule has 0 aliphatic rings. The molecule has 2 rings (SSSR count). The molecule has 0 fully saturated rings. The molecule has 0 saturated heterocycles. The van der Waals surface area contributed by atoms with E-state index in [-0.39, 0.29) is 12.0 Å². The molecule has 1 unspecified atom stereocenters. The molecule has 0 aliphatic heterocycles. The van der Waals surface area contributed by atoms with Gasteiger partial charge in [0.1, 0.15) is 0 Å². The highest BCUT2D eigenvalue weighted by Gasteiger charge is 2.11. The average molecular weight is 356 g/mol. The smallest absolute Gasteiger partial charge is 0.338 e. The lowest BCUT2D eigenvalue weighted by Gasteiger charge is -2.20. The quantitative estimate of drug-likeness (QED) is 0.585. The van der Waals surface area contributed by atoms with Crippen molar-refractivity contribution in [1.29, 1.82) is 0 Å². The van der Waals surface area contributed by atoms with Crippen molar-refractivity contribution in [2.75, 3.05) is 11.9 Å². The SMILES string of the molecule is CCOC(=O)c1cccc(NC(=S)NC(CC)c2ccc(C)cc2)c1. The van der Waals surface area contributed by atoms with E-state index >= 15 is 0 Å². The number of hydrogen-bond acceptors (Lipinski definition) is 3. The van der Waals surface area contributed by atoms with E-state index < -0.39 is 0 Å². The van der Waals surface area contributed by atoms with Crippen LogP contribution in [-0.4, -0.2) is 17.7 Å². The molecule has 0 saturated carbocycles. The van der Waals surface area contributed by atoms with Gasteiger partial charge >= 0.3 is 5.97 Å². The number of anilines is 1. The van der Waals surface area contributed by atoms with Crippen molar-refractivity contribution in [2.45, 2.75) is 33.2 Å². The Balaban J connectivity index is 2.02. The first-order chi connectivity index (χ1) is 12.0. The van der Waals surface area contributed by atoms with E-state index in [0.29, 0.717) is 17.3 Å². The highest BCUT2D eigenvalue weighted by Crippen LogP contribution is 2.18. The first-order valence-electron chi connectivity index (χ1n) is 8.44. The van der Waals surface area contributed by atoms with E-state index in [1.807, 2.05) is 6.07 Å². The van der Waals surface area contributed by atoms with Crippen LogP contribution in [0.15, 0.2) is 48.5 Å². The Bertz CT molecular complexity index is 729. The molecule has 4 nitrogen and oxygen atoms in total. The van der Waals surface area contributed by atoms with E-state index in [9.17, 15) is 4.79 Å². The fraction of sp³-hybridized carbons (Fsp3) is 0.300. The lowest BCUT2D eigenvalue weighted by Crippen LogP contribution is -2.32. The summed E-state index contributed by atoms with van der Waals surface area (Å²) in [6.07, 6.45) is 0.910. The highest BCUT2D eigenvalue weighted by molar-refractivity contribution is 7.80. The van der Waals surface area contributed by atoms with Crippen LogP contribution >= 0.6 is 12.2 Å². The zero-order valence-corrected chi connectivity index (χ0v) is 15.7.